The van der Waals surface area contributed by atoms with Gasteiger partial charge in [-0.15, -0.1) is 0 Å². The third kappa shape index (κ3) is 3.87. The SMILES string of the molecule is COc1ccc(OC)c(CC(=O)NCC(N)C2CC2)c1. The molecule has 1 aromatic rings. The van der Waals surface area contributed by atoms with E-state index < -0.39 is 0 Å². The maximum Gasteiger partial charge on any atom is 0.224 e. The van der Waals surface area contributed by atoms with Crippen molar-refractivity contribution < 1.29 is 14.3 Å². The maximum absolute atomic E-state index is 12.0. The van der Waals surface area contributed by atoms with Crippen molar-refractivity contribution in [2.24, 2.45) is 11.7 Å². The van der Waals surface area contributed by atoms with Crippen LogP contribution in [0.25, 0.3) is 0 Å². The zero-order valence-electron chi connectivity index (χ0n) is 12.0. The maximum atomic E-state index is 12.0. The van der Waals surface area contributed by atoms with Crippen molar-refractivity contribution in [2.75, 3.05) is 20.8 Å². The molecule has 0 radical (unpaired) electrons. The zero-order valence-corrected chi connectivity index (χ0v) is 12.0. The van der Waals surface area contributed by atoms with Gasteiger partial charge in [-0.05, 0) is 37.0 Å². The van der Waals surface area contributed by atoms with Crippen LogP contribution in [0.4, 0.5) is 0 Å². The number of amides is 1. The third-order valence-corrected chi connectivity index (χ3v) is 3.60. The molecule has 1 amide bonds. The highest BCUT2D eigenvalue weighted by atomic mass is 16.5. The van der Waals surface area contributed by atoms with Crippen molar-refractivity contribution in [3.63, 3.8) is 0 Å². The van der Waals surface area contributed by atoms with Crippen molar-refractivity contribution in [1.29, 1.82) is 0 Å². The monoisotopic (exact) mass is 278 g/mol. The summed E-state index contributed by atoms with van der Waals surface area (Å²) in [5.74, 6) is 1.94. The van der Waals surface area contributed by atoms with Crippen LogP contribution in [-0.4, -0.2) is 32.7 Å². The fourth-order valence-corrected chi connectivity index (χ4v) is 2.18. The second-order valence-corrected chi connectivity index (χ2v) is 5.16. The Labute approximate surface area is 119 Å². The normalized spacial score (nSPS) is 15.6. The van der Waals surface area contributed by atoms with E-state index in [0.29, 0.717) is 24.0 Å². The molecule has 0 heterocycles. The van der Waals surface area contributed by atoms with Crippen LogP contribution in [0.3, 0.4) is 0 Å². The second kappa shape index (κ2) is 6.61. The lowest BCUT2D eigenvalue weighted by molar-refractivity contribution is -0.120. The van der Waals surface area contributed by atoms with E-state index in [4.69, 9.17) is 15.2 Å². The van der Waals surface area contributed by atoms with Gasteiger partial charge in [-0.2, -0.15) is 0 Å². The molecular formula is C15H22N2O3. The number of nitrogens with one attached hydrogen (secondary N) is 1. The lowest BCUT2D eigenvalue weighted by Crippen LogP contribution is -2.39. The molecule has 0 aromatic heterocycles. The number of methoxy groups -OCH3 is 2. The lowest BCUT2D eigenvalue weighted by Gasteiger charge is -2.13. The van der Waals surface area contributed by atoms with Gasteiger partial charge in [0.15, 0.2) is 0 Å². The molecule has 3 N–H and O–H groups in total. The molecule has 5 nitrogen and oxygen atoms in total. The van der Waals surface area contributed by atoms with Crippen LogP contribution in [0.1, 0.15) is 18.4 Å². The second-order valence-electron chi connectivity index (χ2n) is 5.16. The molecule has 20 heavy (non-hydrogen) atoms. The fraction of sp³-hybridized carbons (Fsp3) is 0.533. The molecule has 1 atom stereocenters. The first-order chi connectivity index (χ1) is 9.63. The van der Waals surface area contributed by atoms with Gasteiger partial charge < -0.3 is 20.5 Å². The molecule has 1 fully saturated rings. The van der Waals surface area contributed by atoms with E-state index >= 15 is 0 Å². The topological polar surface area (TPSA) is 73.6 Å². The highest BCUT2D eigenvalue weighted by molar-refractivity contribution is 5.79. The van der Waals surface area contributed by atoms with Crippen molar-refractivity contribution in [2.45, 2.75) is 25.3 Å². The summed E-state index contributed by atoms with van der Waals surface area (Å²) < 4.78 is 10.4. The minimum absolute atomic E-state index is 0.0485. The van der Waals surface area contributed by atoms with E-state index in [1.54, 1.807) is 20.3 Å². The van der Waals surface area contributed by atoms with Crippen molar-refractivity contribution >= 4 is 5.91 Å². The van der Waals surface area contributed by atoms with Gasteiger partial charge in [0.25, 0.3) is 0 Å². The first-order valence-corrected chi connectivity index (χ1v) is 6.87. The Hall–Kier alpha value is -1.75. The number of rotatable bonds is 7. The van der Waals surface area contributed by atoms with E-state index in [-0.39, 0.29) is 18.4 Å². The smallest absolute Gasteiger partial charge is 0.224 e. The molecule has 110 valence electrons. The van der Waals surface area contributed by atoms with Gasteiger partial charge in [-0.3, -0.25) is 4.79 Å². The van der Waals surface area contributed by atoms with Gasteiger partial charge in [-0.25, -0.2) is 0 Å². The minimum Gasteiger partial charge on any atom is -0.497 e. The van der Waals surface area contributed by atoms with Crippen LogP contribution in [0.5, 0.6) is 11.5 Å². The minimum atomic E-state index is -0.0485. The summed E-state index contributed by atoms with van der Waals surface area (Å²) in [6, 6.07) is 5.51. The molecule has 1 aromatic carbocycles. The van der Waals surface area contributed by atoms with Gasteiger partial charge in [0, 0.05) is 18.2 Å². The van der Waals surface area contributed by atoms with Crippen LogP contribution >= 0.6 is 0 Å². The summed E-state index contributed by atoms with van der Waals surface area (Å²) in [5.41, 5.74) is 6.77. The summed E-state index contributed by atoms with van der Waals surface area (Å²) in [5, 5.41) is 2.88. The molecule has 1 aliphatic carbocycles. The third-order valence-electron chi connectivity index (χ3n) is 3.60. The Bertz CT molecular complexity index is 472. The lowest BCUT2D eigenvalue weighted by atomic mass is 10.1. The Morgan fingerprint density at radius 1 is 1.40 bits per heavy atom. The number of ether oxygens (including phenoxy) is 2. The predicted molar refractivity (Wildman–Crippen MR) is 77.0 cm³/mol. The quantitative estimate of drug-likeness (QED) is 0.783. The number of hydrogen-bond donors (Lipinski definition) is 2. The number of benzene rings is 1. The predicted octanol–water partition coefficient (Wildman–Crippen LogP) is 1.10. The molecule has 5 heteroatoms. The Kier molecular flexibility index (Phi) is 4.84. The first-order valence-electron chi connectivity index (χ1n) is 6.87. The van der Waals surface area contributed by atoms with E-state index in [9.17, 15) is 4.79 Å². The van der Waals surface area contributed by atoms with Crippen LogP contribution in [0.2, 0.25) is 0 Å². The van der Waals surface area contributed by atoms with E-state index in [1.807, 2.05) is 12.1 Å². The van der Waals surface area contributed by atoms with E-state index in [1.165, 1.54) is 12.8 Å². The van der Waals surface area contributed by atoms with Gasteiger partial charge in [0.1, 0.15) is 11.5 Å². The molecule has 1 saturated carbocycles. The Morgan fingerprint density at radius 3 is 2.75 bits per heavy atom. The van der Waals surface area contributed by atoms with Crippen molar-refractivity contribution in [1.82, 2.24) is 5.32 Å². The molecule has 1 aliphatic rings. The Morgan fingerprint density at radius 2 is 2.15 bits per heavy atom. The Balaban J connectivity index is 1.91. The number of carbonyl (C=O) groups is 1. The van der Waals surface area contributed by atoms with Crippen molar-refractivity contribution in [3.8, 4) is 11.5 Å². The summed E-state index contributed by atoms with van der Waals surface area (Å²) in [6.07, 6.45) is 2.62. The van der Waals surface area contributed by atoms with E-state index in [2.05, 4.69) is 5.32 Å². The van der Waals surface area contributed by atoms with Gasteiger partial charge in [0.05, 0.1) is 20.6 Å². The molecular weight excluding hydrogens is 256 g/mol. The molecule has 0 saturated heterocycles. The van der Waals surface area contributed by atoms with E-state index in [0.717, 1.165) is 5.56 Å². The van der Waals surface area contributed by atoms with Crippen LogP contribution < -0.4 is 20.5 Å². The number of hydrogen-bond acceptors (Lipinski definition) is 4. The molecule has 0 aliphatic heterocycles. The molecule has 1 unspecified atom stereocenters. The molecule has 0 bridgehead atoms. The highest BCUT2D eigenvalue weighted by Crippen LogP contribution is 2.31. The summed E-state index contributed by atoms with van der Waals surface area (Å²) in [4.78, 5) is 12.0. The number of carbonyl (C=O) groups excluding carboxylic acids is 1. The van der Waals surface area contributed by atoms with Crippen LogP contribution in [0.15, 0.2) is 18.2 Å². The largest absolute Gasteiger partial charge is 0.497 e. The van der Waals surface area contributed by atoms with Gasteiger partial charge >= 0.3 is 0 Å². The zero-order chi connectivity index (χ0) is 14.5. The van der Waals surface area contributed by atoms with Crippen LogP contribution in [0, 0.1) is 5.92 Å². The molecule has 2 rings (SSSR count). The summed E-state index contributed by atoms with van der Waals surface area (Å²) >= 11 is 0. The molecule has 0 spiro atoms. The first kappa shape index (κ1) is 14.7. The standard InChI is InChI=1S/C15H22N2O3/c1-19-12-5-6-14(20-2)11(7-12)8-15(18)17-9-13(16)10-3-4-10/h5-7,10,13H,3-4,8-9,16H2,1-2H3,(H,17,18). The van der Waals surface area contributed by atoms with Gasteiger partial charge in [0.2, 0.25) is 5.91 Å². The van der Waals surface area contributed by atoms with Crippen molar-refractivity contribution in [3.05, 3.63) is 23.8 Å². The average Bonchev–Trinajstić information content (AvgIpc) is 3.29. The van der Waals surface area contributed by atoms with Crippen LogP contribution in [-0.2, 0) is 11.2 Å². The number of nitrogens with two attached hydrogens (primary N) is 1. The average molecular weight is 278 g/mol. The summed E-state index contributed by atoms with van der Waals surface area (Å²) in [7, 11) is 3.19. The van der Waals surface area contributed by atoms with Gasteiger partial charge in [-0.1, -0.05) is 0 Å². The summed E-state index contributed by atoms with van der Waals surface area (Å²) in [6.45, 7) is 0.537. The fourth-order valence-electron chi connectivity index (χ4n) is 2.18. The highest BCUT2D eigenvalue weighted by Gasteiger charge is 2.28.